The molecule has 0 spiro atoms. The maximum atomic E-state index is 13.1. The van der Waals surface area contributed by atoms with E-state index in [1.165, 1.54) is 0 Å². The number of benzene rings is 1. The quantitative estimate of drug-likeness (QED) is 0.670. The standard InChI is InChI=1S/C18H21ClN4O2/c1-17(2,3)25-15(24)18(20-4)11-23(13-8-6-5-7-12(13)18)14-9-10-21-16(19)22-14/h5-10,20H,11H2,1-4H3. The van der Waals surface area contributed by atoms with Crippen molar-refractivity contribution in [3.8, 4) is 0 Å². The molecule has 1 aliphatic heterocycles. The predicted molar refractivity (Wildman–Crippen MR) is 97.1 cm³/mol. The number of carbonyl (C=O) groups is 1. The van der Waals surface area contributed by atoms with E-state index in [4.69, 9.17) is 16.3 Å². The fourth-order valence-corrected chi connectivity index (χ4v) is 3.16. The smallest absolute Gasteiger partial charge is 0.333 e. The van der Waals surface area contributed by atoms with Crippen molar-refractivity contribution >= 4 is 29.1 Å². The highest BCUT2D eigenvalue weighted by Gasteiger charge is 2.50. The highest BCUT2D eigenvalue weighted by Crippen LogP contribution is 2.43. The second-order valence-electron chi connectivity index (χ2n) is 6.94. The van der Waals surface area contributed by atoms with Crippen LogP contribution in [0.3, 0.4) is 0 Å². The number of hydrogen-bond donors (Lipinski definition) is 1. The average Bonchev–Trinajstić information content (AvgIpc) is 2.89. The summed E-state index contributed by atoms with van der Waals surface area (Å²) in [6.07, 6.45) is 1.60. The molecule has 7 heteroatoms. The summed E-state index contributed by atoms with van der Waals surface area (Å²) in [5.74, 6) is 0.311. The Hall–Kier alpha value is -2.18. The predicted octanol–water partition coefficient (Wildman–Crippen LogP) is 3.04. The third kappa shape index (κ3) is 3.19. The zero-order valence-corrected chi connectivity index (χ0v) is 15.5. The SMILES string of the molecule is CNC1(C(=O)OC(C)(C)C)CN(c2ccnc(Cl)n2)c2ccccc21. The highest BCUT2D eigenvalue weighted by molar-refractivity contribution is 6.28. The molecule has 0 fully saturated rings. The first-order valence-corrected chi connectivity index (χ1v) is 8.42. The van der Waals surface area contributed by atoms with E-state index in [1.807, 2.05) is 49.9 Å². The number of carbonyl (C=O) groups excluding carboxylic acids is 1. The third-order valence-electron chi connectivity index (χ3n) is 4.11. The number of nitrogens with zero attached hydrogens (tertiary/aromatic N) is 3. The van der Waals surface area contributed by atoms with Crippen LogP contribution in [0.4, 0.5) is 11.5 Å². The van der Waals surface area contributed by atoms with Gasteiger partial charge in [-0.1, -0.05) is 18.2 Å². The number of anilines is 2. The second-order valence-corrected chi connectivity index (χ2v) is 7.28. The molecule has 1 aromatic heterocycles. The molecule has 1 unspecified atom stereocenters. The van der Waals surface area contributed by atoms with Gasteiger partial charge < -0.3 is 9.64 Å². The van der Waals surface area contributed by atoms with E-state index >= 15 is 0 Å². The normalized spacial score (nSPS) is 19.6. The van der Waals surface area contributed by atoms with Gasteiger partial charge in [-0.05, 0) is 51.6 Å². The molecule has 0 saturated heterocycles. The van der Waals surface area contributed by atoms with Crippen LogP contribution in [-0.4, -0.2) is 35.1 Å². The number of fused-ring (bicyclic) bond motifs is 1. The van der Waals surface area contributed by atoms with Crippen molar-refractivity contribution in [3.05, 3.63) is 47.4 Å². The van der Waals surface area contributed by atoms with Gasteiger partial charge in [-0.2, -0.15) is 0 Å². The molecule has 0 bridgehead atoms. The van der Waals surface area contributed by atoms with Crippen LogP contribution in [0.5, 0.6) is 0 Å². The van der Waals surface area contributed by atoms with Crippen LogP contribution in [0.2, 0.25) is 5.28 Å². The topological polar surface area (TPSA) is 67.3 Å². The van der Waals surface area contributed by atoms with E-state index in [-0.39, 0.29) is 11.3 Å². The Balaban J connectivity index is 2.09. The van der Waals surface area contributed by atoms with Crippen LogP contribution < -0.4 is 10.2 Å². The van der Waals surface area contributed by atoms with Crippen LogP contribution >= 0.6 is 11.6 Å². The van der Waals surface area contributed by atoms with E-state index < -0.39 is 11.1 Å². The largest absolute Gasteiger partial charge is 0.458 e. The summed E-state index contributed by atoms with van der Waals surface area (Å²) in [5, 5.41) is 3.34. The molecule has 1 N–H and O–H groups in total. The lowest BCUT2D eigenvalue weighted by atomic mass is 9.92. The first-order valence-electron chi connectivity index (χ1n) is 8.05. The fourth-order valence-electron chi connectivity index (χ4n) is 3.01. The van der Waals surface area contributed by atoms with Gasteiger partial charge in [0.1, 0.15) is 11.4 Å². The number of likely N-dealkylation sites (N-methyl/N-ethyl adjacent to an activating group) is 1. The minimum atomic E-state index is -0.985. The van der Waals surface area contributed by atoms with Crippen molar-refractivity contribution in [1.29, 1.82) is 0 Å². The van der Waals surface area contributed by atoms with E-state index in [0.29, 0.717) is 12.4 Å². The van der Waals surface area contributed by atoms with Crippen LogP contribution in [0.15, 0.2) is 36.5 Å². The zero-order valence-electron chi connectivity index (χ0n) is 14.7. The van der Waals surface area contributed by atoms with Crippen LogP contribution in [0, 0.1) is 0 Å². The number of para-hydroxylation sites is 1. The minimum absolute atomic E-state index is 0.161. The van der Waals surface area contributed by atoms with Gasteiger partial charge >= 0.3 is 5.97 Å². The van der Waals surface area contributed by atoms with Crippen molar-refractivity contribution in [2.45, 2.75) is 31.9 Å². The molecule has 1 aliphatic rings. The maximum Gasteiger partial charge on any atom is 0.333 e. The summed E-state index contributed by atoms with van der Waals surface area (Å²) in [5.41, 5.74) is 0.169. The Morgan fingerprint density at radius 3 is 2.68 bits per heavy atom. The molecular formula is C18H21ClN4O2. The number of ether oxygens (including phenoxy) is 1. The van der Waals surface area contributed by atoms with Crippen molar-refractivity contribution in [1.82, 2.24) is 15.3 Å². The van der Waals surface area contributed by atoms with Crippen molar-refractivity contribution in [2.24, 2.45) is 0 Å². The number of esters is 1. The summed E-state index contributed by atoms with van der Waals surface area (Å²) >= 11 is 5.95. The molecular weight excluding hydrogens is 340 g/mol. The zero-order chi connectivity index (χ0) is 18.2. The lowest BCUT2D eigenvalue weighted by molar-refractivity contribution is -0.162. The Kier molecular flexibility index (Phi) is 4.43. The summed E-state index contributed by atoms with van der Waals surface area (Å²) in [6.45, 7) is 5.93. The second kappa shape index (κ2) is 6.28. The molecule has 0 aliphatic carbocycles. The molecule has 132 valence electrons. The lowest BCUT2D eigenvalue weighted by Gasteiger charge is -2.31. The number of aromatic nitrogens is 2. The summed E-state index contributed by atoms with van der Waals surface area (Å²) in [4.78, 5) is 23.2. The summed E-state index contributed by atoms with van der Waals surface area (Å²) in [7, 11) is 1.76. The molecule has 3 rings (SSSR count). The highest BCUT2D eigenvalue weighted by atomic mass is 35.5. The van der Waals surface area contributed by atoms with Gasteiger partial charge in [0.15, 0.2) is 5.54 Å². The monoisotopic (exact) mass is 360 g/mol. The van der Waals surface area contributed by atoms with Crippen molar-refractivity contribution in [3.63, 3.8) is 0 Å². The van der Waals surface area contributed by atoms with Crippen LogP contribution in [0.1, 0.15) is 26.3 Å². The molecule has 0 saturated carbocycles. The van der Waals surface area contributed by atoms with E-state index in [1.54, 1.807) is 19.3 Å². The molecule has 1 atom stereocenters. The van der Waals surface area contributed by atoms with Gasteiger partial charge in [0, 0.05) is 17.4 Å². The minimum Gasteiger partial charge on any atom is -0.458 e. The average molecular weight is 361 g/mol. The Labute approximate surface area is 152 Å². The number of nitrogens with one attached hydrogen (secondary N) is 1. The van der Waals surface area contributed by atoms with Gasteiger partial charge in [0.25, 0.3) is 0 Å². The molecule has 2 aromatic rings. The molecule has 1 aromatic carbocycles. The first kappa shape index (κ1) is 17.6. The molecule has 0 radical (unpaired) electrons. The van der Waals surface area contributed by atoms with Gasteiger partial charge in [0.05, 0.1) is 6.54 Å². The Morgan fingerprint density at radius 1 is 1.32 bits per heavy atom. The Bertz CT molecular complexity index is 806. The molecule has 25 heavy (non-hydrogen) atoms. The molecule has 0 amide bonds. The van der Waals surface area contributed by atoms with Gasteiger partial charge in [-0.15, -0.1) is 0 Å². The summed E-state index contributed by atoms with van der Waals surface area (Å²) < 4.78 is 5.69. The third-order valence-corrected chi connectivity index (χ3v) is 4.29. The lowest BCUT2D eigenvalue weighted by Crippen LogP contribution is -2.52. The number of halogens is 1. The van der Waals surface area contributed by atoms with Crippen LogP contribution in [0.25, 0.3) is 0 Å². The Morgan fingerprint density at radius 2 is 2.04 bits per heavy atom. The fraction of sp³-hybridized carbons (Fsp3) is 0.389. The van der Waals surface area contributed by atoms with Crippen molar-refractivity contribution in [2.75, 3.05) is 18.5 Å². The van der Waals surface area contributed by atoms with Gasteiger partial charge in [-0.3, -0.25) is 5.32 Å². The van der Waals surface area contributed by atoms with Gasteiger partial charge in [0.2, 0.25) is 5.28 Å². The maximum absolute atomic E-state index is 13.1. The number of hydrogen-bond acceptors (Lipinski definition) is 6. The molecule has 6 nitrogen and oxygen atoms in total. The van der Waals surface area contributed by atoms with E-state index in [2.05, 4.69) is 15.3 Å². The van der Waals surface area contributed by atoms with Crippen LogP contribution in [-0.2, 0) is 15.1 Å². The van der Waals surface area contributed by atoms with E-state index in [0.717, 1.165) is 11.3 Å². The summed E-state index contributed by atoms with van der Waals surface area (Å²) in [6, 6.07) is 9.48. The van der Waals surface area contributed by atoms with Gasteiger partial charge in [-0.25, -0.2) is 14.8 Å². The van der Waals surface area contributed by atoms with Crippen molar-refractivity contribution < 1.29 is 9.53 Å². The molecule has 2 heterocycles. The first-order chi connectivity index (χ1) is 11.8. The van der Waals surface area contributed by atoms with E-state index in [9.17, 15) is 4.79 Å². The number of rotatable bonds is 3.